The Labute approximate surface area is 171 Å². The van der Waals surface area contributed by atoms with Crippen LogP contribution < -0.4 is 4.90 Å². The Morgan fingerprint density at radius 3 is 2.43 bits per heavy atom. The molecule has 0 radical (unpaired) electrons. The molecule has 1 aromatic carbocycles. The van der Waals surface area contributed by atoms with E-state index in [0.717, 1.165) is 6.07 Å². The maximum atomic E-state index is 13.3. The molecule has 1 aliphatic rings. The molecule has 28 heavy (non-hydrogen) atoms. The Hall–Kier alpha value is -1.73. The van der Waals surface area contributed by atoms with Crippen LogP contribution >= 0.6 is 22.9 Å². The fraction of sp³-hybridized carbons (Fsp3) is 0.450. The molecule has 1 fully saturated rings. The number of amides is 1. The van der Waals surface area contributed by atoms with E-state index in [1.54, 1.807) is 21.1 Å². The third kappa shape index (κ3) is 4.81. The number of hydrogen-bond donors (Lipinski definition) is 0. The van der Waals surface area contributed by atoms with E-state index >= 15 is 0 Å². The number of carbonyl (C=O) groups is 1. The van der Waals surface area contributed by atoms with Gasteiger partial charge in [-0.2, -0.15) is 13.2 Å². The van der Waals surface area contributed by atoms with Gasteiger partial charge >= 0.3 is 6.18 Å². The second kappa shape index (κ2) is 8.33. The van der Waals surface area contributed by atoms with Crippen molar-refractivity contribution in [2.24, 2.45) is 5.92 Å². The molecule has 0 N–H and O–H groups in total. The number of carbonyl (C=O) groups excluding carboxylic acids is 1. The van der Waals surface area contributed by atoms with Crippen LogP contribution in [0.15, 0.2) is 30.3 Å². The highest BCUT2D eigenvalue weighted by molar-refractivity contribution is 7.11. The number of rotatable bonds is 4. The molecule has 3 rings (SSSR count). The highest BCUT2D eigenvalue weighted by atomic mass is 35.5. The van der Waals surface area contributed by atoms with E-state index in [1.807, 2.05) is 26.0 Å². The predicted octanol–water partition coefficient (Wildman–Crippen LogP) is 5.26. The molecule has 1 saturated heterocycles. The number of piperazine rings is 1. The number of aryl methyl sites for hydroxylation is 1. The Bertz CT molecular complexity index is 844. The van der Waals surface area contributed by atoms with Gasteiger partial charge in [0, 0.05) is 46.9 Å². The number of benzene rings is 1. The summed E-state index contributed by atoms with van der Waals surface area (Å²) in [5.74, 6) is -0.102. The quantitative estimate of drug-likeness (QED) is 0.660. The Morgan fingerprint density at radius 2 is 1.86 bits per heavy atom. The molecular weight excluding hydrogens is 409 g/mol. The van der Waals surface area contributed by atoms with Crippen LogP contribution in [-0.4, -0.2) is 37.0 Å². The van der Waals surface area contributed by atoms with Gasteiger partial charge in [0.25, 0.3) is 0 Å². The zero-order valence-electron chi connectivity index (χ0n) is 15.7. The van der Waals surface area contributed by atoms with Crippen molar-refractivity contribution in [2.45, 2.75) is 26.4 Å². The van der Waals surface area contributed by atoms with Crippen molar-refractivity contribution < 1.29 is 18.0 Å². The monoisotopic (exact) mass is 430 g/mol. The van der Waals surface area contributed by atoms with Crippen LogP contribution in [0.5, 0.6) is 0 Å². The first-order chi connectivity index (χ1) is 13.1. The first-order valence-electron chi connectivity index (χ1n) is 9.11. The van der Waals surface area contributed by atoms with Gasteiger partial charge in [-0.15, -0.1) is 11.3 Å². The van der Waals surface area contributed by atoms with E-state index < -0.39 is 11.7 Å². The first kappa shape index (κ1) is 21.0. The normalized spacial score (nSPS) is 16.4. The number of thiophene rings is 1. The van der Waals surface area contributed by atoms with Gasteiger partial charge in [0.15, 0.2) is 0 Å². The van der Waals surface area contributed by atoms with Crippen molar-refractivity contribution in [2.75, 3.05) is 31.1 Å². The van der Waals surface area contributed by atoms with Crippen LogP contribution in [0.3, 0.4) is 0 Å². The molecule has 0 aliphatic carbocycles. The van der Waals surface area contributed by atoms with Crippen LogP contribution in [0.4, 0.5) is 18.9 Å². The fourth-order valence-corrected chi connectivity index (χ4v) is 4.65. The third-order valence-corrected chi connectivity index (χ3v) is 6.18. The molecule has 1 atom stereocenters. The number of nitrogens with zero attached hydrogens (tertiary/aromatic N) is 2. The van der Waals surface area contributed by atoms with Crippen molar-refractivity contribution in [1.82, 2.24) is 4.90 Å². The van der Waals surface area contributed by atoms with Gasteiger partial charge in [-0.1, -0.05) is 18.5 Å². The summed E-state index contributed by atoms with van der Waals surface area (Å²) < 4.78 is 40.0. The van der Waals surface area contributed by atoms with Crippen molar-refractivity contribution >= 4 is 34.5 Å². The second-order valence-corrected chi connectivity index (χ2v) is 8.90. The highest BCUT2D eigenvalue weighted by Gasteiger charge is 2.36. The average molecular weight is 431 g/mol. The molecule has 152 valence electrons. The van der Waals surface area contributed by atoms with Crippen LogP contribution in [0, 0.1) is 12.8 Å². The standard InChI is InChI=1S/C20H22ClF3N2OS/c1-13(11-16-5-3-14(2)28-16)19(27)26-9-7-25(8-10-26)18-12-15(21)4-6-17(18)20(22,23)24/h3-6,12-13H,7-11H2,1-2H3. The molecule has 0 bridgehead atoms. The maximum Gasteiger partial charge on any atom is 0.418 e. The molecule has 3 nitrogen and oxygen atoms in total. The lowest BCUT2D eigenvalue weighted by Crippen LogP contribution is -2.50. The lowest BCUT2D eigenvalue weighted by Gasteiger charge is -2.38. The van der Waals surface area contributed by atoms with Gasteiger partial charge in [-0.3, -0.25) is 4.79 Å². The molecule has 1 amide bonds. The van der Waals surface area contributed by atoms with E-state index in [-0.39, 0.29) is 22.5 Å². The van der Waals surface area contributed by atoms with E-state index in [2.05, 4.69) is 0 Å². The van der Waals surface area contributed by atoms with Gasteiger partial charge in [0.1, 0.15) is 0 Å². The summed E-state index contributed by atoms with van der Waals surface area (Å²) in [5, 5.41) is 0.265. The van der Waals surface area contributed by atoms with Gasteiger partial charge in [-0.05, 0) is 43.7 Å². The summed E-state index contributed by atoms with van der Waals surface area (Å²) in [6.45, 7) is 5.43. The summed E-state index contributed by atoms with van der Waals surface area (Å²) in [4.78, 5) is 18.5. The number of hydrogen-bond acceptors (Lipinski definition) is 3. The Kier molecular flexibility index (Phi) is 6.25. The Balaban J connectivity index is 1.64. The summed E-state index contributed by atoms with van der Waals surface area (Å²) in [6.07, 6.45) is -3.76. The largest absolute Gasteiger partial charge is 0.418 e. The topological polar surface area (TPSA) is 23.6 Å². The van der Waals surface area contributed by atoms with Crippen LogP contribution in [0.1, 0.15) is 22.2 Å². The number of alkyl halides is 3. The first-order valence-corrected chi connectivity index (χ1v) is 10.3. The van der Waals surface area contributed by atoms with E-state index in [9.17, 15) is 18.0 Å². The zero-order valence-corrected chi connectivity index (χ0v) is 17.3. The molecule has 1 aromatic heterocycles. The van der Waals surface area contributed by atoms with E-state index in [0.29, 0.717) is 32.6 Å². The van der Waals surface area contributed by atoms with Gasteiger partial charge in [0.2, 0.25) is 5.91 Å². The molecule has 2 heterocycles. The molecule has 1 aliphatic heterocycles. The minimum atomic E-state index is -4.44. The average Bonchev–Trinajstić information content (AvgIpc) is 3.04. The summed E-state index contributed by atoms with van der Waals surface area (Å²) >= 11 is 7.61. The third-order valence-electron chi connectivity index (χ3n) is 4.92. The summed E-state index contributed by atoms with van der Waals surface area (Å²) in [6, 6.07) is 7.70. The fourth-order valence-electron chi connectivity index (χ4n) is 3.47. The molecule has 0 spiro atoms. The van der Waals surface area contributed by atoms with Crippen LogP contribution in [-0.2, 0) is 17.4 Å². The minimum Gasteiger partial charge on any atom is -0.367 e. The van der Waals surface area contributed by atoms with Crippen molar-refractivity contribution in [3.8, 4) is 0 Å². The molecule has 2 aromatic rings. The van der Waals surface area contributed by atoms with Gasteiger partial charge in [0.05, 0.1) is 11.3 Å². The van der Waals surface area contributed by atoms with Gasteiger partial charge < -0.3 is 9.80 Å². The smallest absolute Gasteiger partial charge is 0.367 e. The molecule has 0 saturated carbocycles. The van der Waals surface area contributed by atoms with Crippen LogP contribution in [0.2, 0.25) is 5.02 Å². The van der Waals surface area contributed by atoms with E-state index in [1.165, 1.54) is 21.9 Å². The van der Waals surface area contributed by atoms with Crippen molar-refractivity contribution in [1.29, 1.82) is 0 Å². The summed E-state index contributed by atoms with van der Waals surface area (Å²) in [5.41, 5.74) is -0.618. The van der Waals surface area contributed by atoms with Gasteiger partial charge in [-0.25, -0.2) is 0 Å². The number of anilines is 1. The Morgan fingerprint density at radius 1 is 1.18 bits per heavy atom. The zero-order chi connectivity index (χ0) is 20.5. The highest BCUT2D eigenvalue weighted by Crippen LogP contribution is 2.38. The predicted molar refractivity (Wildman–Crippen MR) is 107 cm³/mol. The maximum absolute atomic E-state index is 13.3. The summed E-state index contributed by atoms with van der Waals surface area (Å²) in [7, 11) is 0. The molecular formula is C20H22ClF3N2OS. The van der Waals surface area contributed by atoms with Crippen molar-refractivity contribution in [3.05, 3.63) is 50.7 Å². The van der Waals surface area contributed by atoms with E-state index in [4.69, 9.17) is 11.6 Å². The van der Waals surface area contributed by atoms with Crippen LogP contribution in [0.25, 0.3) is 0 Å². The molecule has 8 heteroatoms. The second-order valence-electron chi connectivity index (χ2n) is 7.09. The lowest BCUT2D eigenvalue weighted by molar-refractivity contribution is -0.138. The van der Waals surface area contributed by atoms with Crippen molar-refractivity contribution in [3.63, 3.8) is 0 Å². The minimum absolute atomic E-state index is 0.0489. The number of halogens is 4. The SMILES string of the molecule is Cc1ccc(CC(C)C(=O)N2CCN(c3cc(Cl)ccc3C(F)(F)F)CC2)s1. The lowest BCUT2D eigenvalue weighted by atomic mass is 10.0. The molecule has 1 unspecified atom stereocenters.